The van der Waals surface area contributed by atoms with E-state index >= 15 is 0 Å². The van der Waals surface area contributed by atoms with Gasteiger partial charge in [-0.2, -0.15) is 0 Å². The summed E-state index contributed by atoms with van der Waals surface area (Å²) in [5.74, 6) is 1.35. The van der Waals surface area contributed by atoms with Crippen molar-refractivity contribution in [3.8, 4) is 5.75 Å². The average molecular weight is 237 g/mol. The summed E-state index contributed by atoms with van der Waals surface area (Å²) in [5, 5.41) is 12.4. The first kappa shape index (κ1) is 11.3. The molecule has 1 fully saturated rings. The molecule has 1 aromatic carbocycles. The summed E-state index contributed by atoms with van der Waals surface area (Å²) >= 11 is 1.37. The molecule has 1 aromatic rings. The number of hydrogen-bond donors (Lipinski definition) is 2. The van der Waals surface area contributed by atoms with Crippen LogP contribution in [0, 0.1) is 5.92 Å². The van der Waals surface area contributed by atoms with E-state index in [0.29, 0.717) is 11.7 Å². The molecule has 0 aliphatic heterocycles. The Morgan fingerprint density at radius 1 is 1.44 bits per heavy atom. The lowest BCUT2D eigenvalue weighted by Crippen LogP contribution is -2.27. The highest BCUT2D eigenvalue weighted by Crippen LogP contribution is 2.28. The molecule has 0 saturated heterocycles. The predicted molar refractivity (Wildman–Crippen MR) is 64.6 cm³/mol. The molecule has 1 amide bonds. The molecule has 0 spiro atoms. The largest absolute Gasteiger partial charge is 0.507 e. The van der Waals surface area contributed by atoms with E-state index in [0.717, 1.165) is 11.4 Å². The Bertz CT molecular complexity index is 377. The van der Waals surface area contributed by atoms with Crippen molar-refractivity contribution in [1.29, 1.82) is 0 Å². The molecular formula is C12H15NO2S. The first-order valence-electron chi connectivity index (χ1n) is 5.43. The van der Waals surface area contributed by atoms with E-state index in [1.54, 1.807) is 12.1 Å². The molecule has 0 unspecified atom stereocenters. The van der Waals surface area contributed by atoms with E-state index < -0.39 is 0 Å². The Morgan fingerprint density at radius 3 is 2.88 bits per heavy atom. The maximum atomic E-state index is 11.4. The minimum absolute atomic E-state index is 0.0418. The van der Waals surface area contributed by atoms with Crippen molar-refractivity contribution in [3.05, 3.63) is 24.3 Å². The summed E-state index contributed by atoms with van der Waals surface area (Å²) in [6.07, 6.45) is 2.49. The maximum Gasteiger partial charge on any atom is 0.230 e. The normalized spacial score (nSPS) is 14.8. The Balaban J connectivity index is 1.73. The first-order valence-corrected chi connectivity index (χ1v) is 6.42. The third-order valence-corrected chi connectivity index (χ3v) is 3.57. The van der Waals surface area contributed by atoms with Gasteiger partial charge in [-0.25, -0.2) is 0 Å². The highest BCUT2D eigenvalue weighted by molar-refractivity contribution is 8.00. The van der Waals surface area contributed by atoms with Crippen LogP contribution in [0.25, 0.3) is 0 Å². The SMILES string of the molecule is O=C(CSc1ccccc1O)NCC1CC1. The van der Waals surface area contributed by atoms with Gasteiger partial charge >= 0.3 is 0 Å². The van der Waals surface area contributed by atoms with Gasteiger partial charge in [0.2, 0.25) is 5.91 Å². The quantitative estimate of drug-likeness (QED) is 0.770. The van der Waals surface area contributed by atoms with E-state index in [1.807, 2.05) is 12.1 Å². The predicted octanol–water partition coefficient (Wildman–Crippen LogP) is 2.01. The zero-order valence-electron chi connectivity index (χ0n) is 8.98. The van der Waals surface area contributed by atoms with Crippen molar-refractivity contribution in [1.82, 2.24) is 5.32 Å². The molecule has 86 valence electrons. The molecule has 1 aliphatic rings. The number of carbonyl (C=O) groups excluding carboxylic acids is 1. The van der Waals surface area contributed by atoms with Crippen LogP contribution in [-0.2, 0) is 4.79 Å². The molecule has 2 N–H and O–H groups in total. The lowest BCUT2D eigenvalue weighted by molar-refractivity contribution is -0.118. The fourth-order valence-corrected chi connectivity index (χ4v) is 2.13. The van der Waals surface area contributed by atoms with E-state index in [-0.39, 0.29) is 11.7 Å². The van der Waals surface area contributed by atoms with E-state index in [9.17, 15) is 9.90 Å². The third kappa shape index (κ3) is 3.45. The van der Waals surface area contributed by atoms with Gasteiger partial charge in [0, 0.05) is 11.4 Å². The number of phenols is 1. The number of aromatic hydroxyl groups is 1. The van der Waals surface area contributed by atoms with Crippen LogP contribution in [0.1, 0.15) is 12.8 Å². The Labute approximate surface area is 99.2 Å². The van der Waals surface area contributed by atoms with Gasteiger partial charge in [0.1, 0.15) is 5.75 Å². The van der Waals surface area contributed by atoms with Gasteiger partial charge in [0.05, 0.1) is 5.75 Å². The lowest BCUT2D eigenvalue weighted by atomic mass is 10.3. The summed E-state index contributed by atoms with van der Waals surface area (Å²) in [4.78, 5) is 12.2. The molecule has 0 aromatic heterocycles. The van der Waals surface area contributed by atoms with Gasteiger partial charge in [0.25, 0.3) is 0 Å². The monoisotopic (exact) mass is 237 g/mol. The van der Waals surface area contributed by atoms with Crippen LogP contribution in [-0.4, -0.2) is 23.3 Å². The third-order valence-electron chi connectivity index (χ3n) is 2.51. The molecule has 1 aliphatic carbocycles. The Kier molecular flexibility index (Phi) is 3.72. The molecule has 3 nitrogen and oxygen atoms in total. The average Bonchev–Trinajstić information content (AvgIpc) is 3.09. The molecule has 0 heterocycles. The van der Waals surface area contributed by atoms with Crippen LogP contribution in [0.3, 0.4) is 0 Å². The van der Waals surface area contributed by atoms with Crippen molar-refractivity contribution in [2.75, 3.05) is 12.3 Å². The fraction of sp³-hybridized carbons (Fsp3) is 0.417. The van der Waals surface area contributed by atoms with E-state index in [2.05, 4.69) is 5.32 Å². The van der Waals surface area contributed by atoms with Gasteiger partial charge in [0.15, 0.2) is 0 Å². The van der Waals surface area contributed by atoms with Crippen LogP contribution in [0.15, 0.2) is 29.2 Å². The number of para-hydroxylation sites is 1. The molecule has 0 atom stereocenters. The second-order valence-electron chi connectivity index (χ2n) is 4.00. The number of thioether (sulfide) groups is 1. The van der Waals surface area contributed by atoms with Crippen LogP contribution in [0.2, 0.25) is 0 Å². The molecule has 16 heavy (non-hydrogen) atoms. The van der Waals surface area contributed by atoms with Gasteiger partial charge in [-0.05, 0) is 30.9 Å². The standard InChI is InChI=1S/C12H15NO2S/c14-10-3-1-2-4-11(10)16-8-12(15)13-7-9-5-6-9/h1-4,9,14H,5-8H2,(H,13,15). The lowest BCUT2D eigenvalue weighted by Gasteiger charge is -2.05. The number of hydrogen-bond acceptors (Lipinski definition) is 3. The molecular weight excluding hydrogens is 222 g/mol. The van der Waals surface area contributed by atoms with Gasteiger partial charge in [-0.15, -0.1) is 11.8 Å². The molecule has 2 rings (SSSR count). The highest BCUT2D eigenvalue weighted by Gasteiger charge is 2.21. The van der Waals surface area contributed by atoms with Crippen molar-refractivity contribution in [2.45, 2.75) is 17.7 Å². The van der Waals surface area contributed by atoms with Crippen molar-refractivity contribution in [3.63, 3.8) is 0 Å². The number of rotatable bonds is 5. The Morgan fingerprint density at radius 2 is 2.19 bits per heavy atom. The molecule has 0 radical (unpaired) electrons. The number of benzene rings is 1. The number of nitrogens with one attached hydrogen (secondary N) is 1. The van der Waals surface area contributed by atoms with Crippen LogP contribution in [0.4, 0.5) is 0 Å². The van der Waals surface area contributed by atoms with Crippen molar-refractivity contribution >= 4 is 17.7 Å². The fourth-order valence-electron chi connectivity index (χ4n) is 1.35. The second kappa shape index (κ2) is 5.25. The number of carbonyl (C=O) groups is 1. The highest BCUT2D eigenvalue weighted by atomic mass is 32.2. The molecule has 1 saturated carbocycles. The number of phenolic OH excluding ortho intramolecular Hbond substituents is 1. The van der Waals surface area contributed by atoms with Crippen LogP contribution >= 0.6 is 11.8 Å². The van der Waals surface area contributed by atoms with Crippen molar-refractivity contribution in [2.24, 2.45) is 5.92 Å². The van der Waals surface area contributed by atoms with E-state index in [4.69, 9.17) is 0 Å². The summed E-state index contributed by atoms with van der Waals surface area (Å²) in [6.45, 7) is 0.806. The molecule has 0 bridgehead atoms. The van der Waals surface area contributed by atoms with Crippen LogP contribution in [0.5, 0.6) is 5.75 Å². The zero-order chi connectivity index (χ0) is 11.4. The summed E-state index contributed by atoms with van der Waals surface area (Å²) in [5.41, 5.74) is 0. The molecule has 4 heteroatoms. The number of amides is 1. The summed E-state index contributed by atoms with van der Waals surface area (Å²) in [6, 6.07) is 7.06. The Hall–Kier alpha value is -1.16. The van der Waals surface area contributed by atoms with Gasteiger partial charge < -0.3 is 10.4 Å². The minimum Gasteiger partial charge on any atom is -0.507 e. The topological polar surface area (TPSA) is 49.3 Å². The van der Waals surface area contributed by atoms with Crippen molar-refractivity contribution < 1.29 is 9.90 Å². The smallest absolute Gasteiger partial charge is 0.230 e. The van der Waals surface area contributed by atoms with Crippen LogP contribution < -0.4 is 5.32 Å². The van der Waals surface area contributed by atoms with Gasteiger partial charge in [-0.3, -0.25) is 4.79 Å². The maximum absolute atomic E-state index is 11.4. The second-order valence-corrected chi connectivity index (χ2v) is 5.02. The zero-order valence-corrected chi connectivity index (χ0v) is 9.80. The summed E-state index contributed by atoms with van der Waals surface area (Å²) < 4.78 is 0. The van der Waals surface area contributed by atoms with E-state index in [1.165, 1.54) is 24.6 Å². The first-order chi connectivity index (χ1) is 7.75. The summed E-state index contributed by atoms with van der Waals surface area (Å²) in [7, 11) is 0. The van der Waals surface area contributed by atoms with Gasteiger partial charge in [-0.1, -0.05) is 12.1 Å². The minimum atomic E-state index is 0.0418.